The molecule has 3 heteroatoms. The van der Waals surface area contributed by atoms with Gasteiger partial charge in [-0.2, -0.15) is 0 Å². The molecule has 3 nitrogen and oxygen atoms in total. The van der Waals surface area contributed by atoms with Gasteiger partial charge in [-0.3, -0.25) is 0 Å². The van der Waals surface area contributed by atoms with Crippen LogP contribution in [0.5, 0.6) is 5.75 Å². The van der Waals surface area contributed by atoms with E-state index in [2.05, 4.69) is 103 Å². The van der Waals surface area contributed by atoms with Crippen molar-refractivity contribution in [2.24, 2.45) is 0 Å². The highest BCUT2D eigenvalue weighted by molar-refractivity contribution is 5.46. The number of rotatable bonds is 10. The Morgan fingerprint density at radius 2 is 1.52 bits per heavy atom. The predicted octanol–water partition coefficient (Wildman–Crippen LogP) is 5.27. The molecule has 29 heavy (non-hydrogen) atoms. The Morgan fingerprint density at radius 3 is 2.14 bits per heavy atom. The molecule has 0 fully saturated rings. The summed E-state index contributed by atoms with van der Waals surface area (Å²) in [6, 6.07) is 28.0. The van der Waals surface area contributed by atoms with Crippen molar-refractivity contribution in [1.29, 1.82) is 0 Å². The Morgan fingerprint density at radius 1 is 0.828 bits per heavy atom. The van der Waals surface area contributed by atoms with E-state index in [4.69, 9.17) is 4.74 Å². The van der Waals surface area contributed by atoms with Gasteiger partial charge in [-0.1, -0.05) is 54.6 Å². The number of hydrogen-bond donors (Lipinski definition) is 1. The van der Waals surface area contributed by atoms with Gasteiger partial charge in [0.15, 0.2) is 0 Å². The van der Waals surface area contributed by atoms with Crippen LogP contribution < -0.4 is 15.0 Å². The second kappa shape index (κ2) is 10.7. The summed E-state index contributed by atoms with van der Waals surface area (Å²) in [6.07, 6.45) is 2.14. The molecule has 1 atom stereocenters. The molecule has 0 unspecified atom stereocenters. The molecule has 0 aliphatic rings. The molecule has 0 spiro atoms. The average molecular weight is 389 g/mol. The quantitative estimate of drug-likeness (QED) is 0.479. The third-order valence-electron chi connectivity index (χ3n) is 5.36. The van der Waals surface area contributed by atoms with Crippen molar-refractivity contribution >= 4 is 5.69 Å². The second-order valence-electron chi connectivity index (χ2n) is 7.69. The molecule has 0 heterocycles. The largest absolute Gasteiger partial charge is 0.497 e. The first kappa shape index (κ1) is 20.9. The van der Waals surface area contributed by atoms with Crippen molar-refractivity contribution in [3.8, 4) is 5.75 Å². The zero-order valence-corrected chi connectivity index (χ0v) is 17.8. The summed E-state index contributed by atoms with van der Waals surface area (Å²) < 4.78 is 5.32. The van der Waals surface area contributed by atoms with Crippen molar-refractivity contribution in [2.45, 2.75) is 25.3 Å². The fourth-order valence-corrected chi connectivity index (χ4v) is 3.58. The van der Waals surface area contributed by atoms with E-state index in [1.807, 2.05) is 0 Å². The van der Waals surface area contributed by atoms with Crippen LogP contribution in [0, 0.1) is 0 Å². The topological polar surface area (TPSA) is 24.5 Å². The van der Waals surface area contributed by atoms with Gasteiger partial charge in [-0.15, -0.1) is 0 Å². The molecule has 3 aromatic carbocycles. The molecule has 0 amide bonds. The molecule has 0 aromatic heterocycles. The number of methoxy groups -OCH3 is 1. The van der Waals surface area contributed by atoms with Gasteiger partial charge in [0.2, 0.25) is 0 Å². The van der Waals surface area contributed by atoms with Crippen LogP contribution >= 0.6 is 0 Å². The van der Waals surface area contributed by atoms with Crippen LogP contribution in [-0.4, -0.2) is 27.7 Å². The lowest BCUT2D eigenvalue weighted by Crippen LogP contribution is -2.18. The maximum absolute atomic E-state index is 5.32. The van der Waals surface area contributed by atoms with Crippen LogP contribution in [0.25, 0.3) is 0 Å². The van der Waals surface area contributed by atoms with Crippen LogP contribution in [0.2, 0.25) is 0 Å². The van der Waals surface area contributed by atoms with E-state index < -0.39 is 0 Å². The first-order valence-corrected chi connectivity index (χ1v) is 10.3. The highest BCUT2D eigenvalue weighted by atomic mass is 16.5. The van der Waals surface area contributed by atoms with E-state index in [0.717, 1.165) is 31.7 Å². The highest BCUT2D eigenvalue weighted by Gasteiger charge is 2.12. The Kier molecular flexibility index (Phi) is 7.71. The Labute approximate surface area is 175 Å². The number of benzene rings is 3. The normalized spacial score (nSPS) is 11.8. The summed E-state index contributed by atoms with van der Waals surface area (Å²) in [5.74, 6) is 1.39. The van der Waals surface area contributed by atoms with Gasteiger partial charge in [0, 0.05) is 26.3 Å². The lowest BCUT2D eigenvalue weighted by Gasteiger charge is -2.19. The van der Waals surface area contributed by atoms with Crippen LogP contribution in [0.1, 0.15) is 29.0 Å². The Balaban J connectivity index is 1.58. The average Bonchev–Trinajstić information content (AvgIpc) is 2.77. The molecule has 3 aromatic rings. The van der Waals surface area contributed by atoms with Gasteiger partial charge in [-0.25, -0.2) is 0 Å². The molecule has 0 bridgehead atoms. The number of hydrogen-bond acceptors (Lipinski definition) is 3. The summed E-state index contributed by atoms with van der Waals surface area (Å²) >= 11 is 0. The van der Waals surface area contributed by atoms with Gasteiger partial charge < -0.3 is 15.0 Å². The summed E-state index contributed by atoms with van der Waals surface area (Å²) in [5.41, 5.74) is 5.30. The summed E-state index contributed by atoms with van der Waals surface area (Å²) in [4.78, 5) is 2.13. The molecule has 0 aliphatic carbocycles. The number of nitrogens with one attached hydrogen (secondary N) is 1. The lowest BCUT2D eigenvalue weighted by atomic mass is 9.89. The molecule has 3 rings (SSSR count). The van der Waals surface area contributed by atoms with E-state index >= 15 is 0 Å². The molecule has 0 saturated heterocycles. The molecule has 1 N–H and O–H groups in total. The predicted molar refractivity (Wildman–Crippen MR) is 123 cm³/mol. The van der Waals surface area contributed by atoms with E-state index in [9.17, 15) is 0 Å². The van der Waals surface area contributed by atoms with Gasteiger partial charge in [0.1, 0.15) is 5.75 Å². The van der Waals surface area contributed by atoms with E-state index in [-0.39, 0.29) is 0 Å². The standard InChI is InChI=1S/C26H32N2O/c1-28(2)25-13-9-22(10-14-25)20-27-18-17-24(19-21-7-5-4-6-8-21)23-11-15-26(29-3)16-12-23/h4-16,24,27H,17-20H2,1-3H3/t24-/m0/s1. The third-order valence-corrected chi connectivity index (χ3v) is 5.36. The maximum Gasteiger partial charge on any atom is 0.118 e. The fraction of sp³-hybridized carbons (Fsp3) is 0.308. The highest BCUT2D eigenvalue weighted by Crippen LogP contribution is 2.26. The van der Waals surface area contributed by atoms with Gasteiger partial charge >= 0.3 is 0 Å². The van der Waals surface area contributed by atoms with Crippen molar-refractivity contribution in [1.82, 2.24) is 5.32 Å². The van der Waals surface area contributed by atoms with Crippen LogP contribution in [-0.2, 0) is 13.0 Å². The monoisotopic (exact) mass is 388 g/mol. The Hall–Kier alpha value is -2.78. The zero-order valence-electron chi connectivity index (χ0n) is 17.8. The van der Waals surface area contributed by atoms with Crippen molar-refractivity contribution < 1.29 is 4.74 Å². The van der Waals surface area contributed by atoms with Crippen molar-refractivity contribution in [2.75, 3.05) is 32.6 Å². The lowest BCUT2D eigenvalue weighted by molar-refractivity contribution is 0.414. The van der Waals surface area contributed by atoms with E-state index in [0.29, 0.717) is 5.92 Å². The summed E-state index contributed by atoms with van der Waals surface area (Å²) in [7, 11) is 5.85. The minimum atomic E-state index is 0.479. The zero-order chi connectivity index (χ0) is 20.5. The summed E-state index contributed by atoms with van der Waals surface area (Å²) in [5, 5.41) is 3.62. The minimum absolute atomic E-state index is 0.479. The van der Waals surface area contributed by atoms with Crippen molar-refractivity contribution in [3.63, 3.8) is 0 Å². The van der Waals surface area contributed by atoms with Gasteiger partial charge in [0.05, 0.1) is 7.11 Å². The van der Waals surface area contributed by atoms with Gasteiger partial charge in [0.25, 0.3) is 0 Å². The fourth-order valence-electron chi connectivity index (χ4n) is 3.58. The van der Waals surface area contributed by atoms with Crippen molar-refractivity contribution in [3.05, 3.63) is 95.6 Å². The van der Waals surface area contributed by atoms with Gasteiger partial charge in [-0.05, 0) is 66.3 Å². The first-order valence-electron chi connectivity index (χ1n) is 10.3. The molecule has 0 radical (unpaired) electrons. The Bertz CT molecular complexity index is 842. The number of nitrogens with zero attached hydrogens (tertiary/aromatic N) is 1. The van der Waals surface area contributed by atoms with Crippen LogP contribution in [0.3, 0.4) is 0 Å². The second-order valence-corrected chi connectivity index (χ2v) is 7.69. The molecule has 0 saturated carbocycles. The summed E-state index contributed by atoms with van der Waals surface area (Å²) in [6.45, 7) is 1.88. The van der Waals surface area contributed by atoms with E-state index in [1.54, 1.807) is 7.11 Å². The smallest absolute Gasteiger partial charge is 0.118 e. The molecular formula is C26H32N2O. The van der Waals surface area contributed by atoms with E-state index in [1.165, 1.54) is 22.4 Å². The number of anilines is 1. The number of ether oxygens (including phenoxy) is 1. The molecular weight excluding hydrogens is 356 g/mol. The van der Waals surface area contributed by atoms with Crippen LogP contribution in [0.15, 0.2) is 78.9 Å². The first-order chi connectivity index (χ1) is 14.2. The minimum Gasteiger partial charge on any atom is -0.497 e. The maximum atomic E-state index is 5.32. The molecule has 152 valence electrons. The SMILES string of the molecule is COc1ccc([C@@H](CCNCc2ccc(N(C)C)cc2)Cc2ccccc2)cc1. The molecule has 0 aliphatic heterocycles. The van der Waals surface area contributed by atoms with Crippen LogP contribution in [0.4, 0.5) is 5.69 Å². The third kappa shape index (κ3) is 6.37.